The van der Waals surface area contributed by atoms with Crippen LogP contribution in [0.5, 0.6) is 11.5 Å². The fourth-order valence-corrected chi connectivity index (χ4v) is 3.01. The Balaban J connectivity index is 2.05. The summed E-state index contributed by atoms with van der Waals surface area (Å²) in [7, 11) is 2.87. The van der Waals surface area contributed by atoms with Gasteiger partial charge in [0.25, 0.3) is 0 Å². The summed E-state index contributed by atoms with van der Waals surface area (Å²) < 4.78 is 51.5. The van der Waals surface area contributed by atoms with E-state index in [-0.39, 0.29) is 17.8 Å². The predicted molar refractivity (Wildman–Crippen MR) is 84.8 cm³/mol. The van der Waals surface area contributed by atoms with Crippen molar-refractivity contribution in [1.82, 2.24) is 9.78 Å². The first-order valence-corrected chi connectivity index (χ1v) is 7.62. The molecule has 1 aromatic carbocycles. The lowest BCUT2D eigenvalue weighted by Crippen LogP contribution is -2.36. The van der Waals surface area contributed by atoms with Gasteiger partial charge in [-0.2, -0.15) is 18.3 Å². The molecule has 0 saturated heterocycles. The summed E-state index contributed by atoms with van der Waals surface area (Å²) in [6, 6.07) is 2.05. The molecule has 0 fully saturated rings. The summed E-state index contributed by atoms with van der Waals surface area (Å²) >= 11 is 0. The summed E-state index contributed by atoms with van der Waals surface area (Å²) in [5.41, 5.74) is 0.199. The molecule has 0 aliphatic carbocycles. The van der Waals surface area contributed by atoms with E-state index in [1.165, 1.54) is 14.2 Å². The second-order valence-electron chi connectivity index (χ2n) is 5.76. The van der Waals surface area contributed by atoms with Crippen molar-refractivity contribution in [1.29, 1.82) is 0 Å². The van der Waals surface area contributed by atoms with Crippen LogP contribution < -0.4 is 14.8 Å². The van der Waals surface area contributed by atoms with Crippen LogP contribution in [0.25, 0.3) is 0 Å². The number of nitrogens with zero attached hydrogens (tertiary/aromatic N) is 2. The molecule has 2 atom stereocenters. The summed E-state index contributed by atoms with van der Waals surface area (Å²) in [5.74, 6) is -0.720. The second-order valence-corrected chi connectivity index (χ2v) is 5.76. The van der Waals surface area contributed by atoms with Crippen LogP contribution in [0.3, 0.4) is 0 Å². The number of aromatic carboxylic acids is 1. The first-order chi connectivity index (χ1) is 12.3. The number of methoxy groups -OCH3 is 2. The number of hydrogen-bond donors (Lipinski definition) is 2. The minimum absolute atomic E-state index is 0.175. The molecule has 10 heteroatoms. The second kappa shape index (κ2) is 6.43. The molecule has 3 rings (SSSR count). The zero-order valence-corrected chi connectivity index (χ0v) is 13.9. The van der Waals surface area contributed by atoms with E-state index in [9.17, 15) is 23.1 Å². The zero-order chi connectivity index (χ0) is 19.1. The highest BCUT2D eigenvalue weighted by atomic mass is 19.4. The van der Waals surface area contributed by atoms with Crippen LogP contribution in [0.2, 0.25) is 0 Å². The highest BCUT2D eigenvalue weighted by molar-refractivity contribution is 5.93. The van der Waals surface area contributed by atoms with Crippen molar-refractivity contribution in [3.8, 4) is 11.5 Å². The highest BCUT2D eigenvalue weighted by Crippen LogP contribution is 2.45. The molecule has 0 unspecified atom stereocenters. The molecule has 1 aliphatic rings. The van der Waals surface area contributed by atoms with E-state index in [0.717, 1.165) is 6.20 Å². The smallest absolute Gasteiger partial charge is 0.410 e. The SMILES string of the molecule is COc1ccc([C@H]2C[C@H](C(F)(F)F)n3ncc(C(=O)O)c3N2)cc1OC. The average molecular weight is 371 g/mol. The Hall–Kier alpha value is -2.91. The zero-order valence-electron chi connectivity index (χ0n) is 13.9. The van der Waals surface area contributed by atoms with E-state index in [4.69, 9.17) is 9.47 Å². The van der Waals surface area contributed by atoms with Crippen molar-refractivity contribution >= 4 is 11.8 Å². The van der Waals surface area contributed by atoms with E-state index in [1.54, 1.807) is 18.2 Å². The number of hydrogen-bond acceptors (Lipinski definition) is 5. The third-order valence-electron chi connectivity index (χ3n) is 4.28. The Morgan fingerprint density at radius 1 is 1.31 bits per heavy atom. The van der Waals surface area contributed by atoms with Crippen LogP contribution in [-0.4, -0.2) is 41.3 Å². The van der Waals surface area contributed by atoms with Crippen molar-refractivity contribution in [2.75, 3.05) is 19.5 Å². The van der Waals surface area contributed by atoms with E-state index in [0.29, 0.717) is 21.7 Å². The number of anilines is 1. The highest BCUT2D eigenvalue weighted by Gasteiger charge is 2.47. The maximum atomic E-state index is 13.5. The van der Waals surface area contributed by atoms with E-state index >= 15 is 0 Å². The third kappa shape index (κ3) is 3.02. The lowest BCUT2D eigenvalue weighted by molar-refractivity contribution is -0.173. The van der Waals surface area contributed by atoms with Crippen LogP contribution >= 0.6 is 0 Å². The van der Waals surface area contributed by atoms with Gasteiger partial charge in [-0.15, -0.1) is 0 Å². The molecule has 140 valence electrons. The summed E-state index contributed by atoms with van der Waals surface area (Å²) in [6.07, 6.45) is -4.00. The number of fused-ring (bicyclic) bond motifs is 1. The molecular formula is C16H16F3N3O4. The number of ether oxygens (including phenoxy) is 2. The number of rotatable bonds is 4. The summed E-state index contributed by atoms with van der Waals surface area (Å²) in [4.78, 5) is 11.3. The van der Waals surface area contributed by atoms with E-state index in [1.807, 2.05) is 0 Å². The summed E-state index contributed by atoms with van der Waals surface area (Å²) in [5, 5.41) is 15.7. The van der Waals surface area contributed by atoms with Gasteiger partial charge in [-0.3, -0.25) is 0 Å². The summed E-state index contributed by atoms with van der Waals surface area (Å²) in [6.45, 7) is 0. The Morgan fingerprint density at radius 2 is 2.00 bits per heavy atom. The molecule has 0 amide bonds. The molecular weight excluding hydrogens is 355 g/mol. The molecule has 0 bridgehead atoms. The first kappa shape index (κ1) is 17.9. The predicted octanol–water partition coefficient (Wildman–Crippen LogP) is 3.26. The van der Waals surface area contributed by atoms with Crippen LogP contribution in [0.4, 0.5) is 19.0 Å². The van der Waals surface area contributed by atoms with Crippen molar-refractivity contribution in [2.45, 2.75) is 24.7 Å². The Labute approximate surface area is 146 Å². The monoisotopic (exact) mass is 371 g/mol. The van der Waals surface area contributed by atoms with Crippen LogP contribution in [0.15, 0.2) is 24.4 Å². The van der Waals surface area contributed by atoms with E-state index < -0.39 is 24.2 Å². The third-order valence-corrected chi connectivity index (χ3v) is 4.28. The number of benzene rings is 1. The number of carboxylic acid groups (broad SMARTS) is 1. The molecule has 26 heavy (non-hydrogen) atoms. The van der Waals surface area contributed by atoms with Crippen LogP contribution in [-0.2, 0) is 0 Å². The normalized spacial score (nSPS) is 19.4. The molecule has 0 saturated carbocycles. The van der Waals surface area contributed by atoms with Crippen molar-refractivity contribution in [2.24, 2.45) is 0 Å². The maximum Gasteiger partial charge on any atom is 0.410 e. The van der Waals surface area contributed by atoms with Gasteiger partial charge in [0, 0.05) is 6.42 Å². The quantitative estimate of drug-likeness (QED) is 0.858. The topological polar surface area (TPSA) is 85.6 Å². The fraction of sp³-hybridized carbons (Fsp3) is 0.375. The Kier molecular flexibility index (Phi) is 4.43. The number of nitrogens with one attached hydrogen (secondary N) is 1. The Morgan fingerprint density at radius 3 is 2.58 bits per heavy atom. The largest absolute Gasteiger partial charge is 0.493 e. The Bertz CT molecular complexity index is 835. The average Bonchev–Trinajstić information content (AvgIpc) is 3.03. The minimum atomic E-state index is -4.58. The van der Waals surface area contributed by atoms with Gasteiger partial charge in [0.15, 0.2) is 17.5 Å². The number of alkyl halides is 3. The molecule has 2 N–H and O–H groups in total. The maximum absolute atomic E-state index is 13.5. The lowest BCUT2D eigenvalue weighted by atomic mass is 9.96. The van der Waals surface area contributed by atoms with Crippen molar-refractivity contribution in [3.05, 3.63) is 35.5 Å². The van der Waals surface area contributed by atoms with Gasteiger partial charge in [0.2, 0.25) is 0 Å². The molecule has 1 aliphatic heterocycles. The van der Waals surface area contributed by atoms with E-state index in [2.05, 4.69) is 10.4 Å². The number of carbonyl (C=O) groups is 1. The molecule has 2 heterocycles. The first-order valence-electron chi connectivity index (χ1n) is 7.62. The number of carboxylic acids is 1. The van der Waals surface area contributed by atoms with Gasteiger partial charge in [-0.25, -0.2) is 9.48 Å². The van der Waals surface area contributed by atoms with Gasteiger partial charge < -0.3 is 19.9 Å². The molecule has 7 nitrogen and oxygen atoms in total. The van der Waals surface area contributed by atoms with Crippen LogP contribution in [0.1, 0.15) is 34.4 Å². The molecule has 0 spiro atoms. The van der Waals surface area contributed by atoms with Crippen molar-refractivity contribution in [3.63, 3.8) is 0 Å². The molecule has 1 aromatic heterocycles. The standard InChI is InChI=1S/C16H16F3N3O4/c1-25-11-4-3-8(5-12(11)26-2)10-6-13(16(17,18)19)22-14(21-10)9(7-20-22)15(23)24/h3-5,7,10,13,21H,6H2,1-2H3,(H,23,24)/t10-,13-/m1/s1. The van der Waals surface area contributed by atoms with Crippen LogP contribution in [0, 0.1) is 0 Å². The van der Waals surface area contributed by atoms with Gasteiger partial charge in [-0.05, 0) is 17.7 Å². The van der Waals surface area contributed by atoms with Gasteiger partial charge in [-0.1, -0.05) is 6.07 Å². The minimum Gasteiger partial charge on any atom is -0.493 e. The molecule has 2 aromatic rings. The molecule has 0 radical (unpaired) electrons. The lowest BCUT2D eigenvalue weighted by Gasteiger charge is -2.34. The fourth-order valence-electron chi connectivity index (χ4n) is 3.01. The van der Waals surface area contributed by atoms with Gasteiger partial charge >= 0.3 is 12.1 Å². The van der Waals surface area contributed by atoms with Gasteiger partial charge in [0.1, 0.15) is 11.4 Å². The number of halogens is 3. The number of aromatic nitrogens is 2. The van der Waals surface area contributed by atoms with Gasteiger partial charge in [0.05, 0.1) is 26.5 Å². The van der Waals surface area contributed by atoms with Crippen molar-refractivity contribution < 1.29 is 32.5 Å².